The van der Waals surface area contributed by atoms with Crippen molar-refractivity contribution >= 4 is 16.9 Å². The Kier molecular flexibility index (Phi) is 6.20. The van der Waals surface area contributed by atoms with Crippen LogP contribution in [0.4, 0.5) is 0 Å². The SMILES string of the molecule is CCCOc1ccc(CNC(=O)c2ccc3c(=O)n(C)c(=O)n(C)c3n2)cc1OC. The highest BCUT2D eigenvalue weighted by Crippen LogP contribution is 2.28. The second-order valence-electron chi connectivity index (χ2n) is 6.79. The number of pyridine rings is 1. The lowest BCUT2D eigenvalue weighted by molar-refractivity contribution is 0.0946. The number of amides is 1. The summed E-state index contributed by atoms with van der Waals surface area (Å²) in [5.41, 5.74) is 0.140. The molecule has 0 saturated heterocycles. The number of carbonyl (C=O) groups is 1. The van der Waals surface area contributed by atoms with E-state index in [0.717, 1.165) is 16.6 Å². The highest BCUT2D eigenvalue weighted by Gasteiger charge is 2.14. The van der Waals surface area contributed by atoms with E-state index in [1.54, 1.807) is 19.2 Å². The number of ether oxygens (including phenoxy) is 2. The Balaban J connectivity index is 1.80. The van der Waals surface area contributed by atoms with Crippen molar-refractivity contribution in [2.24, 2.45) is 14.1 Å². The van der Waals surface area contributed by atoms with Crippen LogP contribution in [0.25, 0.3) is 11.0 Å². The van der Waals surface area contributed by atoms with E-state index in [1.165, 1.54) is 30.8 Å². The average Bonchev–Trinajstić information content (AvgIpc) is 2.78. The topological polar surface area (TPSA) is 104 Å². The second-order valence-corrected chi connectivity index (χ2v) is 6.79. The van der Waals surface area contributed by atoms with E-state index in [9.17, 15) is 14.4 Å². The molecule has 2 aromatic heterocycles. The summed E-state index contributed by atoms with van der Waals surface area (Å²) in [7, 11) is 4.47. The van der Waals surface area contributed by atoms with Crippen molar-refractivity contribution in [3.63, 3.8) is 0 Å². The molecule has 1 aromatic carbocycles. The molecule has 3 aromatic rings. The minimum Gasteiger partial charge on any atom is -0.493 e. The summed E-state index contributed by atoms with van der Waals surface area (Å²) in [5.74, 6) is 0.813. The molecular formula is C21H24N4O5. The van der Waals surface area contributed by atoms with Crippen LogP contribution < -0.4 is 26.0 Å². The predicted octanol–water partition coefficient (Wildman–Crippen LogP) is 1.36. The van der Waals surface area contributed by atoms with Crippen LogP contribution in [-0.4, -0.2) is 33.7 Å². The third kappa shape index (κ3) is 4.05. The van der Waals surface area contributed by atoms with Crippen LogP contribution in [0.15, 0.2) is 39.9 Å². The van der Waals surface area contributed by atoms with Gasteiger partial charge < -0.3 is 14.8 Å². The minimum absolute atomic E-state index is 0.112. The number of aryl methyl sites for hydroxylation is 1. The van der Waals surface area contributed by atoms with E-state index in [0.29, 0.717) is 18.1 Å². The first kappa shape index (κ1) is 21.1. The number of methoxy groups -OCH3 is 1. The molecule has 158 valence electrons. The molecule has 0 saturated carbocycles. The van der Waals surface area contributed by atoms with Gasteiger partial charge in [-0.15, -0.1) is 0 Å². The van der Waals surface area contributed by atoms with E-state index in [2.05, 4.69) is 10.3 Å². The van der Waals surface area contributed by atoms with Gasteiger partial charge in [-0.3, -0.25) is 18.7 Å². The van der Waals surface area contributed by atoms with E-state index >= 15 is 0 Å². The van der Waals surface area contributed by atoms with Crippen molar-refractivity contribution in [1.82, 2.24) is 19.4 Å². The van der Waals surface area contributed by atoms with E-state index in [4.69, 9.17) is 9.47 Å². The molecule has 1 amide bonds. The fraction of sp³-hybridized carbons (Fsp3) is 0.333. The van der Waals surface area contributed by atoms with Gasteiger partial charge >= 0.3 is 5.69 Å². The number of carbonyl (C=O) groups excluding carboxylic acids is 1. The summed E-state index contributed by atoms with van der Waals surface area (Å²) < 4.78 is 13.2. The molecule has 2 heterocycles. The van der Waals surface area contributed by atoms with Gasteiger partial charge in [-0.25, -0.2) is 9.78 Å². The van der Waals surface area contributed by atoms with Gasteiger partial charge in [0.2, 0.25) is 0 Å². The highest BCUT2D eigenvalue weighted by atomic mass is 16.5. The van der Waals surface area contributed by atoms with Gasteiger partial charge in [0.15, 0.2) is 11.5 Å². The number of hydrogen-bond acceptors (Lipinski definition) is 6. The Morgan fingerprint density at radius 2 is 1.87 bits per heavy atom. The van der Waals surface area contributed by atoms with E-state index in [1.807, 2.05) is 13.0 Å². The lowest BCUT2D eigenvalue weighted by Gasteiger charge is -2.12. The highest BCUT2D eigenvalue weighted by molar-refractivity contribution is 5.94. The van der Waals surface area contributed by atoms with Crippen LogP contribution in [0.3, 0.4) is 0 Å². The third-order valence-corrected chi connectivity index (χ3v) is 4.68. The molecule has 30 heavy (non-hydrogen) atoms. The van der Waals surface area contributed by atoms with Crippen LogP contribution in [0, 0.1) is 0 Å². The van der Waals surface area contributed by atoms with Gasteiger partial charge in [-0.1, -0.05) is 13.0 Å². The van der Waals surface area contributed by atoms with Gasteiger partial charge in [0.1, 0.15) is 11.3 Å². The van der Waals surface area contributed by atoms with Crippen molar-refractivity contribution < 1.29 is 14.3 Å². The molecule has 9 heteroatoms. The molecule has 0 aliphatic carbocycles. The molecule has 1 N–H and O–H groups in total. The van der Waals surface area contributed by atoms with E-state index in [-0.39, 0.29) is 23.3 Å². The molecule has 0 unspecified atom stereocenters. The Bertz CT molecular complexity index is 1210. The molecule has 0 atom stereocenters. The summed E-state index contributed by atoms with van der Waals surface area (Å²) in [4.78, 5) is 41.1. The molecule has 9 nitrogen and oxygen atoms in total. The van der Waals surface area contributed by atoms with Gasteiger partial charge in [-0.05, 0) is 36.2 Å². The summed E-state index contributed by atoms with van der Waals surface area (Å²) in [6, 6.07) is 8.41. The van der Waals surface area contributed by atoms with Gasteiger partial charge in [0, 0.05) is 20.6 Å². The summed E-state index contributed by atoms with van der Waals surface area (Å²) in [6.45, 7) is 2.86. The van der Waals surface area contributed by atoms with Crippen molar-refractivity contribution in [3.05, 3.63) is 62.4 Å². The van der Waals surface area contributed by atoms with Gasteiger partial charge in [0.05, 0.1) is 19.1 Å². The Labute approximate surface area is 172 Å². The number of aromatic nitrogens is 3. The summed E-state index contributed by atoms with van der Waals surface area (Å²) in [5, 5.41) is 3.05. The molecule has 0 fully saturated rings. The first-order chi connectivity index (χ1) is 14.4. The van der Waals surface area contributed by atoms with Crippen molar-refractivity contribution in [1.29, 1.82) is 0 Å². The number of hydrogen-bond donors (Lipinski definition) is 1. The number of benzene rings is 1. The zero-order valence-corrected chi connectivity index (χ0v) is 17.4. The maximum atomic E-state index is 12.6. The van der Waals surface area contributed by atoms with Crippen LogP contribution in [-0.2, 0) is 20.6 Å². The Hall–Kier alpha value is -3.62. The quantitative estimate of drug-likeness (QED) is 0.628. The zero-order valence-electron chi connectivity index (χ0n) is 17.4. The monoisotopic (exact) mass is 412 g/mol. The standard InChI is InChI=1S/C21H24N4O5/c1-5-10-30-16-9-6-13(11-17(16)29-4)12-22-19(26)15-8-7-14-18(23-15)24(2)21(28)25(3)20(14)27/h6-9,11H,5,10,12H2,1-4H3,(H,22,26). The fourth-order valence-corrected chi connectivity index (χ4v) is 3.01. The van der Waals surface area contributed by atoms with Crippen LogP contribution in [0.5, 0.6) is 11.5 Å². The molecule has 0 bridgehead atoms. The maximum Gasteiger partial charge on any atom is 0.332 e. The Morgan fingerprint density at radius 1 is 1.10 bits per heavy atom. The first-order valence-electron chi connectivity index (χ1n) is 9.52. The fourth-order valence-electron chi connectivity index (χ4n) is 3.01. The maximum absolute atomic E-state index is 12.6. The lowest BCUT2D eigenvalue weighted by atomic mass is 10.2. The van der Waals surface area contributed by atoms with Gasteiger partial charge in [0.25, 0.3) is 11.5 Å². The minimum atomic E-state index is -0.505. The third-order valence-electron chi connectivity index (χ3n) is 4.68. The smallest absolute Gasteiger partial charge is 0.332 e. The molecular weight excluding hydrogens is 388 g/mol. The van der Waals surface area contributed by atoms with Crippen LogP contribution in [0.2, 0.25) is 0 Å². The zero-order chi connectivity index (χ0) is 21.8. The second kappa shape index (κ2) is 8.81. The number of nitrogens with zero attached hydrogens (tertiary/aromatic N) is 3. The summed E-state index contributed by atoms with van der Waals surface area (Å²) in [6.07, 6.45) is 0.886. The first-order valence-corrected chi connectivity index (χ1v) is 9.52. The number of nitrogens with one attached hydrogen (secondary N) is 1. The van der Waals surface area contributed by atoms with Crippen molar-refractivity contribution in [2.75, 3.05) is 13.7 Å². The number of rotatable bonds is 7. The van der Waals surface area contributed by atoms with Crippen molar-refractivity contribution in [3.8, 4) is 11.5 Å². The predicted molar refractivity (Wildman–Crippen MR) is 112 cm³/mol. The average molecular weight is 412 g/mol. The normalized spacial score (nSPS) is 10.8. The molecule has 0 radical (unpaired) electrons. The summed E-state index contributed by atoms with van der Waals surface area (Å²) >= 11 is 0. The largest absolute Gasteiger partial charge is 0.493 e. The molecule has 3 rings (SSSR count). The number of fused-ring (bicyclic) bond motifs is 1. The van der Waals surface area contributed by atoms with Crippen LogP contribution in [0.1, 0.15) is 29.4 Å². The molecule has 0 aliphatic heterocycles. The van der Waals surface area contributed by atoms with Gasteiger partial charge in [-0.2, -0.15) is 0 Å². The van der Waals surface area contributed by atoms with Crippen molar-refractivity contribution in [2.45, 2.75) is 19.9 Å². The van der Waals surface area contributed by atoms with Crippen LogP contribution >= 0.6 is 0 Å². The van der Waals surface area contributed by atoms with E-state index < -0.39 is 17.2 Å². The molecule has 0 aliphatic rings. The molecule has 0 spiro atoms. The lowest BCUT2D eigenvalue weighted by Crippen LogP contribution is -2.37. The Morgan fingerprint density at radius 3 is 2.57 bits per heavy atom.